The van der Waals surface area contributed by atoms with Crippen LogP contribution in [0, 0.1) is 16.6 Å². The Hall–Kier alpha value is -1.91. The summed E-state index contributed by atoms with van der Waals surface area (Å²) in [4.78, 5) is 23.6. The van der Waals surface area contributed by atoms with Crippen molar-refractivity contribution < 1.29 is 14.0 Å². The number of halogens is 1. The van der Waals surface area contributed by atoms with E-state index in [0.717, 1.165) is 0 Å². The van der Waals surface area contributed by atoms with Crippen molar-refractivity contribution in [2.45, 2.75) is 20.3 Å². The Bertz CT molecular complexity index is 510. The van der Waals surface area contributed by atoms with Gasteiger partial charge in [-0.25, -0.2) is 4.39 Å². The van der Waals surface area contributed by atoms with Gasteiger partial charge in [-0.05, 0) is 36.1 Å². The van der Waals surface area contributed by atoms with Gasteiger partial charge in [0, 0.05) is 5.69 Å². The largest absolute Gasteiger partial charge is 0.369 e. The second-order valence-corrected chi connectivity index (χ2v) is 5.29. The molecule has 4 nitrogen and oxygen atoms in total. The van der Waals surface area contributed by atoms with Gasteiger partial charge >= 0.3 is 0 Å². The number of anilines is 1. The standard InChI is InChI=1S/C13H15FN2O2/c1-12(2)7-13(12,10(15)17)11(18)16-9-5-3-8(14)4-6-9/h3-6H,7H2,1-2H3,(H2,15,17)(H,16,18). The summed E-state index contributed by atoms with van der Waals surface area (Å²) in [7, 11) is 0. The molecule has 96 valence electrons. The second kappa shape index (κ2) is 3.80. The molecule has 2 amide bonds. The van der Waals surface area contributed by atoms with Crippen molar-refractivity contribution in [3.8, 4) is 0 Å². The Morgan fingerprint density at radius 1 is 1.28 bits per heavy atom. The predicted molar refractivity (Wildman–Crippen MR) is 65.1 cm³/mol. The van der Waals surface area contributed by atoms with Crippen molar-refractivity contribution in [2.24, 2.45) is 16.6 Å². The van der Waals surface area contributed by atoms with Crippen LogP contribution in [-0.4, -0.2) is 11.8 Å². The van der Waals surface area contributed by atoms with Gasteiger partial charge in [-0.15, -0.1) is 0 Å². The minimum Gasteiger partial charge on any atom is -0.369 e. The fraction of sp³-hybridized carbons (Fsp3) is 0.385. The lowest BCUT2D eigenvalue weighted by atomic mass is 9.94. The smallest absolute Gasteiger partial charge is 0.240 e. The molecule has 3 N–H and O–H groups in total. The van der Waals surface area contributed by atoms with Gasteiger partial charge in [-0.2, -0.15) is 0 Å². The van der Waals surface area contributed by atoms with Crippen molar-refractivity contribution in [3.63, 3.8) is 0 Å². The molecule has 1 fully saturated rings. The van der Waals surface area contributed by atoms with Crippen LogP contribution in [-0.2, 0) is 9.59 Å². The van der Waals surface area contributed by atoms with Crippen LogP contribution in [0.1, 0.15) is 20.3 Å². The minimum absolute atomic E-state index is 0.385. The average Bonchev–Trinajstić information content (AvgIpc) is 2.87. The van der Waals surface area contributed by atoms with Crippen molar-refractivity contribution in [1.82, 2.24) is 0 Å². The molecule has 1 aliphatic carbocycles. The van der Waals surface area contributed by atoms with Gasteiger partial charge < -0.3 is 11.1 Å². The van der Waals surface area contributed by atoms with E-state index in [-0.39, 0.29) is 5.82 Å². The molecule has 0 spiro atoms. The summed E-state index contributed by atoms with van der Waals surface area (Å²) in [5.41, 5.74) is 4.20. The van der Waals surface area contributed by atoms with E-state index in [0.29, 0.717) is 12.1 Å². The van der Waals surface area contributed by atoms with E-state index in [2.05, 4.69) is 5.32 Å². The summed E-state index contributed by atoms with van der Waals surface area (Å²) in [6.07, 6.45) is 0.433. The van der Waals surface area contributed by atoms with Crippen LogP contribution in [0.3, 0.4) is 0 Å². The molecule has 1 aliphatic rings. The van der Waals surface area contributed by atoms with Crippen molar-refractivity contribution in [1.29, 1.82) is 0 Å². The van der Waals surface area contributed by atoms with Crippen LogP contribution in [0.25, 0.3) is 0 Å². The van der Waals surface area contributed by atoms with E-state index in [1.807, 2.05) is 13.8 Å². The number of nitrogens with two attached hydrogens (primary N) is 1. The normalized spacial score (nSPS) is 24.4. The summed E-state index contributed by atoms with van der Waals surface area (Å²) in [5.74, 6) is -1.43. The number of nitrogens with one attached hydrogen (secondary N) is 1. The number of benzene rings is 1. The zero-order valence-corrected chi connectivity index (χ0v) is 10.3. The first kappa shape index (κ1) is 12.5. The van der Waals surface area contributed by atoms with Gasteiger partial charge in [0.1, 0.15) is 11.2 Å². The first-order valence-electron chi connectivity index (χ1n) is 5.66. The lowest BCUT2D eigenvalue weighted by molar-refractivity contribution is -0.133. The topological polar surface area (TPSA) is 72.2 Å². The third-order valence-electron chi connectivity index (χ3n) is 3.65. The van der Waals surface area contributed by atoms with Crippen molar-refractivity contribution in [3.05, 3.63) is 30.1 Å². The number of hydrogen-bond donors (Lipinski definition) is 2. The van der Waals surface area contributed by atoms with Crippen molar-refractivity contribution >= 4 is 17.5 Å². The number of rotatable bonds is 3. The number of hydrogen-bond acceptors (Lipinski definition) is 2. The van der Waals surface area contributed by atoms with Crippen molar-refractivity contribution in [2.75, 3.05) is 5.32 Å². The molecule has 0 saturated heterocycles. The van der Waals surface area contributed by atoms with E-state index >= 15 is 0 Å². The highest BCUT2D eigenvalue weighted by atomic mass is 19.1. The molecule has 0 radical (unpaired) electrons. The highest BCUT2D eigenvalue weighted by Gasteiger charge is 2.70. The quantitative estimate of drug-likeness (QED) is 0.801. The highest BCUT2D eigenvalue weighted by Crippen LogP contribution is 2.63. The maximum atomic E-state index is 12.7. The molecular formula is C13H15FN2O2. The summed E-state index contributed by atoms with van der Waals surface area (Å²) in [6.45, 7) is 3.64. The Morgan fingerprint density at radius 3 is 2.17 bits per heavy atom. The van der Waals surface area contributed by atoms with E-state index in [1.54, 1.807) is 0 Å². The van der Waals surface area contributed by atoms with E-state index < -0.39 is 22.6 Å². The van der Waals surface area contributed by atoms with Crippen LogP contribution in [0.5, 0.6) is 0 Å². The fourth-order valence-corrected chi connectivity index (χ4v) is 2.31. The molecule has 18 heavy (non-hydrogen) atoms. The number of primary amides is 1. The Morgan fingerprint density at radius 2 is 1.78 bits per heavy atom. The Labute approximate surface area is 104 Å². The van der Waals surface area contributed by atoms with E-state index in [9.17, 15) is 14.0 Å². The molecule has 0 heterocycles. The molecule has 0 aromatic heterocycles. The number of carbonyl (C=O) groups excluding carboxylic acids is 2. The van der Waals surface area contributed by atoms with Crippen LogP contribution >= 0.6 is 0 Å². The second-order valence-electron chi connectivity index (χ2n) is 5.29. The maximum absolute atomic E-state index is 12.7. The third-order valence-corrected chi connectivity index (χ3v) is 3.65. The molecule has 0 bridgehead atoms. The molecule has 1 aromatic carbocycles. The van der Waals surface area contributed by atoms with E-state index in [1.165, 1.54) is 24.3 Å². The van der Waals surface area contributed by atoms with Gasteiger partial charge in [0.25, 0.3) is 0 Å². The Kier molecular flexibility index (Phi) is 2.65. The molecule has 1 saturated carbocycles. The summed E-state index contributed by atoms with van der Waals surface area (Å²) < 4.78 is 12.7. The average molecular weight is 250 g/mol. The van der Waals surface area contributed by atoms with Gasteiger partial charge in [0.15, 0.2) is 0 Å². The fourth-order valence-electron chi connectivity index (χ4n) is 2.31. The van der Waals surface area contributed by atoms with Crippen LogP contribution in [0.15, 0.2) is 24.3 Å². The first-order valence-corrected chi connectivity index (χ1v) is 5.66. The molecule has 0 aliphatic heterocycles. The highest BCUT2D eigenvalue weighted by molar-refractivity contribution is 6.13. The SMILES string of the molecule is CC1(C)CC1(C(N)=O)C(=O)Nc1ccc(F)cc1. The van der Waals surface area contributed by atoms with Gasteiger partial charge in [0.2, 0.25) is 11.8 Å². The zero-order valence-electron chi connectivity index (χ0n) is 10.3. The molecular weight excluding hydrogens is 235 g/mol. The molecule has 1 atom stereocenters. The molecule has 2 rings (SSSR count). The summed E-state index contributed by atoms with van der Waals surface area (Å²) in [6, 6.07) is 5.36. The van der Waals surface area contributed by atoms with Crippen LogP contribution in [0.2, 0.25) is 0 Å². The van der Waals surface area contributed by atoms with E-state index in [4.69, 9.17) is 5.73 Å². The third kappa shape index (κ3) is 1.75. The van der Waals surface area contributed by atoms with Gasteiger partial charge in [-0.1, -0.05) is 13.8 Å². The summed E-state index contributed by atoms with van der Waals surface area (Å²) in [5, 5.41) is 2.60. The lowest BCUT2D eigenvalue weighted by Crippen LogP contribution is -2.39. The lowest BCUT2D eigenvalue weighted by Gasteiger charge is -2.16. The predicted octanol–water partition coefficient (Wildman–Crippen LogP) is 1.67. The van der Waals surface area contributed by atoms with Gasteiger partial charge in [0.05, 0.1) is 0 Å². The van der Waals surface area contributed by atoms with Crippen LogP contribution < -0.4 is 11.1 Å². The number of amides is 2. The number of carbonyl (C=O) groups is 2. The maximum Gasteiger partial charge on any atom is 0.240 e. The zero-order chi connectivity index (χ0) is 13.6. The molecule has 1 aromatic rings. The monoisotopic (exact) mass is 250 g/mol. The molecule has 5 heteroatoms. The van der Waals surface area contributed by atoms with Crippen LogP contribution in [0.4, 0.5) is 10.1 Å². The minimum atomic E-state index is -1.15. The summed E-state index contributed by atoms with van der Waals surface area (Å²) >= 11 is 0. The van der Waals surface area contributed by atoms with Gasteiger partial charge in [-0.3, -0.25) is 9.59 Å². The molecule has 1 unspecified atom stereocenters. The first-order chi connectivity index (χ1) is 8.29. The Balaban J connectivity index is 2.18.